The SMILES string of the molecule is COc1cccc(C(=O)N=Nc2cc(NS(=O)(=O)c3ccc(Cl)cc3)c3ccccc3c2O)c1. The first-order valence-corrected chi connectivity index (χ1v) is 11.8. The number of nitrogens with one attached hydrogen (secondary N) is 1. The summed E-state index contributed by atoms with van der Waals surface area (Å²) in [7, 11) is -2.50. The van der Waals surface area contributed by atoms with Crippen molar-refractivity contribution in [2.45, 2.75) is 4.90 Å². The van der Waals surface area contributed by atoms with E-state index in [0.717, 1.165) is 0 Å². The highest BCUT2D eigenvalue weighted by molar-refractivity contribution is 7.92. The number of benzene rings is 4. The lowest BCUT2D eigenvalue weighted by atomic mass is 10.1. The molecule has 2 N–H and O–H groups in total. The molecular formula is C24H18ClN3O5S. The summed E-state index contributed by atoms with van der Waals surface area (Å²) < 4.78 is 33.5. The highest BCUT2D eigenvalue weighted by Gasteiger charge is 2.19. The van der Waals surface area contributed by atoms with Crippen molar-refractivity contribution in [3.05, 3.63) is 89.4 Å². The molecule has 34 heavy (non-hydrogen) atoms. The Kier molecular flexibility index (Phi) is 6.49. The second kappa shape index (κ2) is 9.50. The smallest absolute Gasteiger partial charge is 0.295 e. The van der Waals surface area contributed by atoms with Gasteiger partial charge in [0.15, 0.2) is 5.75 Å². The van der Waals surface area contributed by atoms with E-state index >= 15 is 0 Å². The number of carbonyl (C=O) groups is 1. The number of phenolic OH excluding ortho intramolecular Hbond substituents is 1. The average molecular weight is 496 g/mol. The Labute approximate surface area is 200 Å². The number of phenols is 1. The van der Waals surface area contributed by atoms with Gasteiger partial charge in [0.25, 0.3) is 15.9 Å². The monoisotopic (exact) mass is 495 g/mol. The van der Waals surface area contributed by atoms with Gasteiger partial charge in [-0.25, -0.2) is 8.42 Å². The van der Waals surface area contributed by atoms with E-state index in [1.165, 1.54) is 43.5 Å². The van der Waals surface area contributed by atoms with Crippen molar-refractivity contribution in [2.75, 3.05) is 11.8 Å². The second-order valence-electron chi connectivity index (χ2n) is 7.13. The molecule has 0 atom stereocenters. The van der Waals surface area contributed by atoms with Crippen LogP contribution in [0.4, 0.5) is 11.4 Å². The molecule has 0 saturated carbocycles. The molecule has 0 unspecified atom stereocenters. The number of ether oxygens (including phenoxy) is 1. The first kappa shape index (κ1) is 23.2. The molecule has 1 amide bonds. The molecule has 0 fully saturated rings. The summed E-state index contributed by atoms with van der Waals surface area (Å²) in [5.74, 6) is -0.421. The number of anilines is 1. The van der Waals surface area contributed by atoms with Gasteiger partial charge in [-0.2, -0.15) is 0 Å². The van der Waals surface area contributed by atoms with E-state index in [0.29, 0.717) is 21.5 Å². The molecule has 0 aliphatic heterocycles. The van der Waals surface area contributed by atoms with E-state index in [4.69, 9.17) is 16.3 Å². The molecule has 10 heteroatoms. The van der Waals surface area contributed by atoms with Crippen LogP contribution in [0.2, 0.25) is 5.02 Å². The number of nitrogens with zero attached hydrogens (tertiary/aromatic N) is 2. The van der Waals surface area contributed by atoms with Crippen LogP contribution in [0.25, 0.3) is 10.8 Å². The average Bonchev–Trinajstić information content (AvgIpc) is 2.85. The first-order valence-electron chi connectivity index (χ1n) is 9.92. The zero-order chi connectivity index (χ0) is 24.3. The fraction of sp³-hybridized carbons (Fsp3) is 0.0417. The van der Waals surface area contributed by atoms with Crippen LogP contribution in [-0.2, 0) is 10.0 Å². The number of hydrogen-bond acceptors (Lipinski definition) is 6. The third kappa shape index (κ3) is 4.85. The molecule has 8 nitrogen and oxygen atoms in total. The Hall–Kier alpha value is -3.95. The zero-order valence-corrected chi connectivity index (χ0v) is 19.3. The standard InChI is InChI=1S/C24H18ClN3O5S/c1-33-17-6-4-5-15(13-17)24(30)27-26-22-14-21(19-7-2-3-8-20(19)23(22)29)28-34(31,32)18-11-9-16(25)10-12-18/h2-14,28-29H,1H3. The van der Waals surface area contributed by atoms with Crippen LogP contribution in [0.5, 0.6) is 11.5 Å². The van der Waals surface area contributed by atoms with Crippen LogP contribution in [0.1, 0.15) is 10.4 Å². The van der Waals surface area contributed by atoms with Crippen molar-refractivity contribution in [3.63, 3.8) is 0 Å². The molecule has 0 saturated heterocycles. The van der Waals surface area contributed by atoms with Crippen molar-refractivity contribution in [1.29, 1.82) is 0 Å². The zero-order valence-electron chi connectivity index (χ0n) is 17.8. The van der Waals surface area contributed by atoms with Crippen LogP contribution < -0.4 is 9.46 Å². The molecule has 4 rings (SSSR count). The number of fused-ring (bicyclic) bond motifs is 1. The van der Waals surface area contributed by atoms with Crippen molar-refractivity contribution in [3.8, 4) is 11.5 Å². The third-order valence-electron chi connectivity index (χ3n) is 4.93. The van der Waals surface area contributed by atoms with E-state index in [-0.39, 0.29) is 27.6 Å². The number of halogens is 1. The van der Waals surface area contributed by atoms with E-state index in [9.17, 15) is 18.3 Å². The molecule has 0 aliphatic carbocycles. The molecule has 0 heterocycles. The number of amides is 1. The van der Waals surface area contributed by atoms with Crippen molar-refractivity contribution < 1.29 is 23.1 Å². The topological polar surface area (TPSA) is 117 Å². The van der Waals surface area contributed by atoms with Gasteiger partial charge in [-0.05, 0) is 48.5 Å². The number of aromatic hydroxyl groups is 1. The highest BCUT2D eigenvalue weighted by Crippen LogP contribution is 2.40. The van der Waals surface area contributed by atoms with Gasteiger partial charge in [-0.1, -0.05) is 41.9 Å². The fourth-order valence-corrected chi connectivity index (χ4v) is 4.43. The van der Waals surface area contributed by atoms with Crippen molar-refractivity contribution in [2.24, 2.45) is 10.2 Å². The van der Waals surface area contributed by atoms with Gasteiger partial charge in [-0.15, -0.1) is 10.2 Å². The van der Waals surface area contributed by atoms with E-state index in [1.54, 1.807) is 42.5 Å². The van der Waals surface area contributed by atoms with Crippen LogP contribution in [0, 0.1) is 0 Å². The van der Waals surface area contributed by atoms with Gasteiger partial charge in [-0.3, -0.25) is 9.52 Å². The summed E-state index contributed by atoms with van der Waals surface area (Å²) in [4.78, 5) is 12.5. The minimum atomic E-state index is -3.98. The van der Waals surface area contributed by atoms with E-state index < -0.39 is 15.9 Å². The number of rotatable bonds is 6. The maximum atomic E-state index is 12.9. The van der Waals surface area contributed by atoms with Crippen LogP contribution in [-0.4, -0.2) is 26.5 Å². The third-order valence-corrected chi connectivity index (χ3v) is 6.56. The molecule has 172 valence electrons. The maximum Gasteiger partial charge on any atom is 0.295 e. The maximum absolute atomic E-state index is 12.9. The molecule has 0 aliphatic rings. The normalized spacial score (nSPS) is 11.6. The largest absolute Gasteiger partial charge is 0.505 e. The molecule has 0 aromatic heterocycles. The summed E-state index contributed by atoms with van der Waals surface area (Å²) in [6, 6.07) is 20.0. The Bertz CT molecular complexity index is 1520. The minimum Gasteiger partial charge on any atom is -0.505 e. The molecule has 4 aromatic carbocycles. The quantitative estimate of drug-likeness (QED) is 0.254. The summed E-state index contributed by atoms with van der Waals surface area (Å²) >= 11 is 5.86. The van der Waals surface area contributed by atoms with Gasteiger partial charge < -0.3 is 9.84 Å². The number of carbonyl (C=O) groups excluding carboxylic acids is 1. The molecule has 0 radical (unpaired) electrons. The highest BCUT2D eigenvalue weighted by atomic mass is 35.5. The fourth-order valence-electron chi connectivity index (χ4n) is 3.24. The first-order chi connectivity index (χ1) is 16.3. The lowest BCUT2D eigenvalue weighted by Gasteiger charge is -2.13. The predicted octanol–water partition coefficient (Wildman–Crippen LogP) is 5.93. The van der Waals surface area contributed by atoms with Crippen LogP contribution >= 0.6 is 11.6 Å². The lowest BCUT2D eigenvalue weighted by molar-refractivity contribution is 0.0994. The summed E-state index contributed by atoms with van der Waals surface area (Å²) in [6.45, 7) is 0. The Balaban J connectivity index is 1.74. The van der Waals surface area contributed by atoms with Crippen LogP contribution in [0.3, 0.4) is 0 Å². The van der Waals surface area contributed by atoms with Gasteiger partial charge in [0.2, 0.25) is 0 Å². The van der Waals surface area contributed by atoms with Crippen LogP contribution in [0.15, 0.2) is 94.0 Å². The summed E-state index contributed by atoms with van der Waals surface area (Å²) in [5.41, 5.74) is 0.321. The number of azo groups is 1. The molecule has 0 bridgehead atoms. The van der Waals surface area contributed by atoms with Gasteiger partial charge >= 0.3 is 0 Å². The molecule has 4 aromatic rings. The van der Waals surface area contributed by atoms with E-state index in [1.807, 2.05) is 0 Å². The van der Waals surface area contributed by atoms with Gasteiger partial charge in [0.05, 0.1) is 17.7 Å². The Morgan fingerprint density at radius 2 is 1.68 bits per heavy atom. The number of sulfonamides is 1. The number of methoxy groups -OCH3 is 1. The van der Waals surface area contributed by atoms with Gasteiger partial charge in [0.1, 0.15) is 11.4 Å². The second-order valence-corrected chi connectivity index (χ2v) is 9.25. The minimum absolute atomic E-state index is 0.00503. The van der Waals surface area contributed by atoms with E-state index in [2.05, 4.69) is 15.0 Å². The van der Waals surface area contributed by atoms with Gasteiger partial charge in [0, 0.05) is 21.4 Å². The Morgan fingerprint density at radius 1 is 0.971 bits per heavy atom. The molecule has 0 spiro atoms. The lowest BCUT2D eigenvalue weighted by Crippen LogP contribution is -2.13. The summed E-state index contributed by atoms with van der Waals surface area (Å²) in [5, 5.41) is 19.5. The van der Waals surface area contributed by atoms with Crippen molar-refractivity contribution >= 4 is 49.7 Å². The Morgan fingerprint density at radius 3 is 2.38 bits per heavy atom. The molecular weight excluding hydrogens is 478 g/mol. The predicted molar refractivity (Wildman–Crippen MR) is 130 cm³/mol. The number of hydrogen-bond donors (Lipinski definition) is 2. The van der Waals surface area contributed by atoms with Crippen molar-refractivity contribution in [1.82, 2.24) is 0 Å². The summed E-state index contributed by atoms with van der Waals surface area (Å²) in [6.07, 6.45) is 0.